The van der Waals surface area contributed by atoms with Gasteiger partial charge in [-0.2, -0.15) is 5.10 Å². The Morgan fingerprint density at radius 2 is 1.71 bits per heavy atom. The number of carboxylic acids is 1. The molecule has 28 heavy (non-hydrogen) atoms. The molecule has 0 radical (unpaired) electrons. The topological polar surface area (TPSA) is 75.5 Å². The second kappa shape index (κ2) is 7.07. The van der Waals surface area contributed by atoms with Gasteiger partial charge in [0.05, 0.1) is 5.69 Å². The van der Waals surface area contributed by atoms with E-state index in [4.69, 9.17) is 4.74 Å². The van der Waals surface area contributed by atoms with E-state index in [1.807, 2.05) is 36.1 Å². The minimum Gasteiger partial charge on any atom is -0.478 e. The van der Waals surface area contributed by atoms with Crippen LogP contribution in [-0.4, -0.2) is 40.0 Å². The summed E-state index contributed by atoms with van der Waals surface area (Å²) in [5.74, 6) is -0.971. The maximum Gasteiger partial charge on any atom is 0.348 e. The third-order valence-electron chi connectivity index (χ3n) is 5.25. The minimum atomic E-state index is -1.47. The number of halogens is 1. The molecule has 1 fully saturated rings. The maximum atomic E-state index is 14.0. The number of aromatic nitrogens is 2. The zero-order valence-corrected chi connectivity index (χ0v) is 15.4. The van der Waals surface area contributed by atoms with Gasteiger partial charge in [-0.1, -0.05) is 36.4 Å². The van der Waals surface area contributed by atoms with Crippen LogP contribution in [0.3, 0.4) is 0 Å². The summed E-state index contributed by atoms with van der Waals surface area (Å²) in [7, 11) is 0. The van der Waals surface area contributed by atoms with Gasteiger partial charge in [0.25, 0.3) is 0 Å². The number of fused-ring (bicyclic) bond motifs is 1. The van der Waals surface area contributed by atoms with Gasteiger partial charge in [-0.25, -0.2) is 9.18 Å². The van der Waals surface area contributed by atoms with E-state index in [1.165, 1.54) is 12.1 Å². The van der Waals surface area contributed by atoms with E-state index in [-0.39, 0.29) is 18.6 Å². The Kier molecular flexibility index (Phi) is 4.58. The van der Waals surface area contributed by atoms with Gasteiger partial charge in [-0.15, -0.1) is 5.10 Å². The third-order valence-corrected chi connectivity index (χ3v) is 5.25. The predicted molar refractivity (Wildman–Crippen MR) is 103 cm³/mol. The van der Waals surface area contributed by atoms with Crippen molar-refractivity contribution in [2.75, 3.05) is 18.0 Å². The lowest BCUT2D eigenvalue weighted by molar-refractivity contribution is -0.157. The molecule has 0 bridgehead atoms. The smallest absolute Gasteiger partial charge is 0.348 e. The number of carboxylic acid groups (broad SMARTS) is 1. The van der Waals surface area contributed by atoms with E-state index >= 15 is 0 Å². The van der Waals surface area contributed by atoms with Crippen molar-refractivity contribution >= 4 is 22.6 Å². The first-order valence-electron chi connectivity index (χ1n) is 9.14. The highest BCUT2D eigenvalue weighted by atomic mass is 19.1. The quantitative estimate of drug-likeness (QED) is 0.745. The van der Waals surface area contributed by atoms with E-state index in [0.29, 0.717) is 13.1 Å². The molecule has 1 saturated heterocycles. The Morgan fingerprint density at radius 3 is 2.39 bits per heavy atom. The monoisotopic (exact) mass is 381 g/mol. The van der Waals surface area contributed by atoms with Gasteiger partial charge in [-0.3, -0.25) is 0 Å². The second-order valence-electron chi connectivity index (χ2n) is 6.97. The number of rotatable bonds is 4. The molecule has 0 unspecified atom stereocenters. The zero-order valence-electron chi connectivity index (χ0n) is 15.4. The fraction of sp³-hybridized carbons (Fsp3) is 0.286. The number of aryl methyl sites for hydroxylation is 1. The molecule has 0 aliphatic carbocycles. The van der Waals surface area contributed by atoms with Gasteiger partial charge in [0.1, 0.15) is 0 Å². The summed E-state index contributed by atoms with van der Waals surface area (Å²) >= 11 is 0. The van der Waals surface area contributed by atoms with Crippen LogP contribution in [0.5, 0.6) is 5.75 Å². The lowest BCUT2D eigenvalue weighted by Crippen LogP contribution is -2.53. The zero-order chi connectivity index (χ0) is 19.7. The fourth-order valence-corrected chi connectivity index (χ4v) is 3.63. The highest BCUT2D eigenvalue weighted by molar-refractivity contribution is 5.93. The Morgan fingerprint density at radius 1 is 1.07 bits per heavy atom. The van der Waals surface area contributed by atoms with Crippen LogP contribution in [0, 0.1) is 12.7 Å². The largest absolute Gasteiger partial charge is 0.478 e. The van der Waals surface area contributed by atoms with Crippen LogP contribution in [0.1, 0.15) is 18.5 Å². The molecular weight excluding hydrogens is 361 g/mol. The number of benzene rings is 2. The van der Waals surface area contributed by atoms with Crippen molar-refractivity contribution in [3.8, 4) is 5.75 Å². The van der Waals surface area contributed by atoms with Crippen molar-refractivity contribution in [3.05, 3.63) is 60.0 Å². The molecular formula is C21H20FN3O3. The van der Waals surface area contributed by atoms with E-state index < -0.39 is 17.4 Å². The molecule has 0 amide bonds. The van der Waals surface area contributed by atoms with Crippen LogP contribution in [0.4, 0.5) is 10.2 Å². The number of aliphatic carboxylic acids is 1. The van der Waals surface area contributed by atoms with Crippen molar-refractivity contribution in [2.24, 2.45) is 0 Å². The number of piperidine rings is 1. The molecule has 2 aromatic carbocycles. The highest BCUT2D eigenvalue weighted by Crippen LogP contribution is 2.34. The summed E-state index contributed by atoms with van der Waals surface area (Å²) in [5, 5.41) is 20.4. The van der Waals surface area contributed by atoms with Gasteiger partial charge < -0.3 is 14.7 Å². The molecule has 0 saturated carbocycles. The van der Waals surface area contributed by atoms with E-state index in [2.05, 4.69) is 10.2 Å². The average Bonchev–Trinajstić information content (AvgIpc) is 2.71. The normalized spacial score (nSPS) is 16.1. The van der Waals surface area contributed by atoms with Crippen molar-refractivity contribution < 1.29 is 19.0 Å². The van der Waals surface area contributed by atoms with Crippen molar-refractivity contribution in [1.29, 1.82) is 0 Å². The van der Waals surface area contributed by atoms with E-state index in [1.54, 1.807) is 12.1 Å². The number of hydrogen-bond donors (Lipinski definition) is 1. The van der Waals surface area contributed by atoms with E-state index in [9.17, 15) is 14.3 Å². The van der Waals surface area contributed by atoms with Crippen molar-refractivity contribution in [1.82, 2.24) is 10.2 Å². The molecule has 144 valence electrons. The first kappa shape index (κ1) is 18.2. The molecule has 7 heteroatoms. The second-order valence-corrected chi connectivity index (χ2v) is 6.97. The molecule has 1 aliphatic heterocycles. The number of para-hydroxylation sites is 1. The average molecular weight is 381 g/mol. The Bertz CT molecular complexity index is 1030. The van der Waals surface area contributed by atoms with Crippen molar-refractivity contribution in [3.63, 3.8) is 0 Å². The molecule has 1 aliphatic rings. The summed E-state index contributed by atoms with van der Waals surface area (Å²) in [5.41, 5.74) is -0.619. The molecule has 0 atom stereocenters. The van der Waals surface area contributed by atoms with E-state index in [0.717, 1.165) is 22.3 Å². The van der Waals surface area contributed by atoms with Gasteiger partial charge >= 0.3 is 5.97 Å². The van der Waals surface area contributed by atoms with Gasteiger partial charge in [-0.05, 0) is 19.1 Å². The Hall–Kier alpha value is -3.22. The fourth-order valence-electron chi connectivity index (χ4n) is 3.63. The predicted octanol–water partition coefficient (Wildman–Crippen LogP) is 3.58. The summed E-state index contributed by atoms with van der Waals surface area (Å²) in [6, 6.07) is 13.8. The summed E-state index contributed by atoms with van der Waals surface area (Å²) in [6.45, 7) is 2.75. The summed E-state index contributed by atoms with van der Waals surface area (Å²) in [4.78, 5) is 14.0. The van der Waals surface area contributed by atoms with Gasteiger partial charge in [0, 0.05) is 36.7 Å². The molecule has 4 rings (SSSR count). The lowest BCUT2D eigenvalue weighted by Gasteiger charge is -2.39. The maximum absolute atomic E-state index is 14.0. The molecule has 0 spiro atoms. The SMILES string of the molecule is Cc1nnc(N2CCC(Oc3ccccc3F)(C(=O)O)CC2)c2ccccc12. The molecule has 2 heterocycles. The number of nitrogens with zero attached hydrogens (tertiary/aromatic N) is 3. The van der Waals surface area contributed by atoms with Crippen LogP contribution in [0.2, 0.25) is 0 Å². The summed E-state index contributed by atoms with van der Waals surface area (Å²) < 4.78 is 19.7. The standard InChI is InChI=1S/C21H20FN3O3/c1-14-15-6-2-3-7-16(15)19(24-23-14)25-12-10-21(11-13-25,20(26)27)28-18-9-5-4-8-17(18)22/h2-9H,10-13H2,1H3,(H,26,27). The third kappa shape index (κ3) is 3.13. The lowest BCUT2D eigenvalue weighted by atomic mass is 9.90. The van der Waals surface area contributed by atoms with Crippen molar-refractivity contribution in [2.45, 2.75) is 25.4 Å². The first-order chi connectivity index (χ1) is 13.5. The number of anilines is 1. The van der Waals surface area contributed by atoms with Crippen LogP contribution in [0.25, 0.3) is 10.8 Å². The Labute approximate surface area is 161 Å². The Balaban J connectivity index is 1.60. The van der Waals surface area contributed by atoms with Crippen LogP contribution >= 0.6 is 0 Å². The molecule has 3 aromatic rings. The molecule has 1 aromatic heterocycles. The van der Waals surface area contributed by atoms with Crippen LogP contribution in [0.15, 0.2) is 48.5 Å². The molecule has 6 nitrogen and oxygen atoms in total. The molecule has 1 N–H and O–H groups in total. The summed E-state index contributed by atoms with van der Waals surface area (Å²) in [6.07, 6.45) is 0.418. The minimum absolute atomic E-state index is 0.0427. The van der Waals surface area contributed by atoms with Crippen LogP contribution < -0.4 is 9.64 Å². The first-order valence-corrected chi connectivity index (χ1v) is 9.14. The van der Waals surface area contributed by atoms with Crippen LogP contribution in [-0.2, 0) is 4.79 Å². The van der Waals surface area contributed by atoms with Gasteiger partial charge in [0.2, 0.25) is 5.60 Å². The number of ether oxygens (including phenoxy) is 1. The van der Waals surface area contributed by atoms with Gasteiger partial charge in [0.15, 0.2) is 17.4 Å². The highest BCUT2D eigenvalue weighted by Gasteiger charge is 2.45. The number of hydrogen-bond acceptors (Lipinski definition) is 5. The number of carbonyl (C=O) groups is 1.